The molecule has 1 saturated heterocycles. The fourth-order valence-electron chi connectivity index (χ4n) is 3.65. The van der Waals surface area contributed by atoms with Crippen LogP contribution >= 0.6 is 11.3 Å². The van der Waals surface area contributed by atoms with Crippen LogP contribution in [0.5, 0.6) is 0 Å². The lowest BCUT2D eigenvalue weighted by Crippen LogP contribution is -2.26. The van der Waals surface area contributed by atoms with Gasteiger partial charge in [-0.15, -0.1) is 11.3 Å². The molecule has 28 heavy (non-hydrogen) atoms. The van der Waals surface area contributed by atoms with Crippen molar-refractivity contribution in [3.63, 3.8) is 0 Å². The summed E-state index contributed by atoms with van der Waals surface area (Å²) >= 11 is 1.26. The third kappa shape index (κ3) is 3.47. The molecular weight excluding hydrogens is 374 g/mol. The van der Waals surface area contributed by atoms with Crippen LogP contribution < -0.4 is 10.9 Å². The zero-order chi connectivity index (χ0) is 19.8. The molecule has 0 radical (unpaired) electrons. The van der Waals surface area contributed by atoms with E-state index in [1.165, 1.54) is 11.3 Å². The van der Waals surface area contributed by atoms with Crippen LogP contribution in [0, 0.1) is 20.8 Å². The molecule has 6 nitrogen and oxygen atoms in total. The van der Waals surface area contributed by atoms with Crippen LogP contribution in [0.3, 0.4) is 0 Å². The van der Waals surface area contributed by atoms with Crippen molar-refractivity contribution in [3.8, 4) is 0 Å². The number of hydrogen-bond donors (Lipinski definition) is 1. The van der Waals surface area contributed by atoms with Crippen LogP contribution in [0.1, 0.15) is 39.2 Å². The third-order valence-corrected chi connectivity index (χ3v) is 6.38. The molecule has 0 spiro atoms. The molecule has 3 heterocycles. The number of benzene rings is 1. The summed E-state index contributed by atoms with van der Waals surface area (Å²) in [5.74, 6) is -0.211. The maximum Gasteiger partial charge on any atom is 0.266 e. The van der Waals surface area contributed by atoms with Crippen LogP contribution in [0.2, 0.25) is 0 Å². The summed E-state index contributed by atoms with van der Waals surface area (Å²) in [5.41, 5.74) is 3.49. The Balaban J connectivity index is 1.66. The van der Waals surface area contributed by atoms with E-state index in [1.807, 2.05) is 39.0 Å². The molecule has 0 aliphatic carbocycles. The minimum Gasteiger partial charge on any atom is -0.376 e. The maximum absolute atomic E-state index is 13.0. The average Bonchev–Trinajstić information content (AvgIpc) is 3.28. The van der Waals surface area contributed by atoms with Gasteiger partial charge in [-0.2, -0.15) is 0 Å². The lowest BCUT2D eigenvalue weighted by molar-refractivity contribution is 0.0960. The van der Waals surface area contributed by atoms with Crippen LogP contribution in [0.15, 0.2) is 29.3 Å². The number of ether oxygens (including phenoxy) is 1. The molecule has 0 bridgehead atoms. The van der Waals surface area contributed by atoms with Crippen molar-refractivity contribution in [2.45, 2.75) is 46.3 Å². The van der Waals surface area contributed by atoms with Crippen molar-refractivity contribution in [1.82, 2.24) is 9.55 Å². The van der Waals surface area contributed by atoms with E-state index in [-0.39, 0.29) is 17.6 Å². The Labute approximate surface area is 167 Å². The topological polar surface area (TPSA) is 73.2 Å². The van der Waals surface area contributed by atoms with Crippen LogP contribution in [0.4, 0.5) is 5.69 Å². The predicted molar refractivity (Wildman–Crippen MR) is 111 cm³/mol. The number of rotatable bonds is 4. The van der Waals surface area contributed by atoms with Crippen molar-refractivity contribution < 1.29 is 9.53 Å². The molecule has 1 aliphatic rings. The van der Waals surface area contributed by atoms with E-state index in [1.54, 1.807) is 10.9 Å². The van der Waals surface area contributed by atoms with E-state index in [9.17, 15) is 9.59 Å². The molecule has 1 amide bonds. The van der Waals surface area contributed by atoms with Gasteiger partial charge in [0.15, 0.2) is 0 Å². The first kappa shape index (κ1) is 18.8. The Hall–Kier alpha value is -2.51. The van der Waals surface area contributed by atoms with E-state index < -0.39 is 0 Å². The molecule has 146 valence electrons. The fraction of sp³-hybridized carbons (Fsp3) is 0.381. The van der Waals surface area contributed by atoms with Gasteiger partial charge in [-0.25, -0.2) is 4.98 Å². The first-order valence-corrected chi connectivity index (χ1v) is 10.2. The predicted octanol–water partition coefficient (Wildman–Crippen LogP) is 3.81. The van der Waals surface area contributed by atoms with Crippen LogP contribution in [-0.2, 0) is 11.3 Å². The molecule has 0 unspecified atom stereocenters. The minimum atomic E-state index is -0.211. The highest BCUT2D eigenvalue weighted by Crippen LogP contribution is 2.28. The van der Waals surface area contributed by atoms with Gasteiger partial charge in [-0.05, 0) is 50.8 Å². The molecule has 4 rings (SSSR count). The Morgan fingerprint density at radius 2 is 2.18 bits per heavy atom. The number of thiophene rings is 1. The lowest BCUT2D eigenvalue weighted by atomic mass is 10.1. The van der Waals surface area contributed by atoms with Gasteiger partial charge in [-0.1, -0.05) is 17.7 Å². The number of anilines is 1. The summed E-state index contributed by atoms with van der Waals surface area (Å²) in [4.78, 5) is 31.4. The van der Waals surface area contributed by atoms with Crippen molar-refractivity contribution in [1.29, 1.82) is 0 Å². The largest absolute Gasteiger partial charge is 0.376 e. The molecule has 1 aliphatic heterocycles. The molecule has 0 saturated carbocycles. The summed E-state index contributed by atoms with van der Waals surface area (Å²) < 4.78 is 7.24. The number of carbonyl (C=O) groups is 1. The highest BCUT2D eigenvalue weighted by molar-refractivity contribution is 7.20. The molecule has 1 atom stereocenters. The van der Waals surface area contributed by atoms with E-state index in [2.05, 4.69) is 10.3 Å². The van der Waals surface area contributed by atoms with Crippen molar-refractivity contribution >= 4 is 33.1 Å². The molecular formula is C21H23N3O3S. The van der Waals surface area contributed by atoms with Gasteiger partial charge < -0.3 is 10.1 Å². The highest BCUT2D eigenvalue weighted by atomic mass is 32.1. The Bertz CT molecular complexity index is 1110. The molecule has 7 heteroatoms. The van der Waals surface area contributed by atoms with Gasteiger partial charge in [-0.3, -0.25) is 14.2 Å². The first-order valence-electron chi connectivity index (χ1n) is 9.43. The van der Waals surface area contributed by atoms with Gasteiger partial charge in [0.1, 0.15) is 4.83 Å². The number of aryl methyl sites for hydroxylation is 3. The normalized spacial score (nSPS) is 16.6. The molecule has 2 aromatic heterocycles. The number of amides is 1. The highest BCUT2D eigenvalue weighted by Gasteiger charge is 2.22. The van der Waals surface area contributed by atoms with Gasteiger partial charge in [0.05, 0.1) is 29.2 Å². The quantitative estimate of drug-likeness (QED) is 0.726. The second kappa shape index (κ2) is 7.48. The summed E-state index contributed by atoms with van der Waals surface area (Å²) in [6.07, 6.45) is 3.60. The number of hydrogen-bond acceptors (Lipinski definition) is 5. The van der Waals surface area contributed by atoms with Gasteiger partial charge in [0, 0.05) is 12.3 Å². The Kier molecular flexibility index (Phi) is 5.03. The van der Waals surface area contributed by atoms with Crippen LogP contribution in [-0.4, -0.2) is 28.2 Å². The van der Waals surface area contributed by atoms with Crippen molar-refractivity contribution in [2.75, 3.05) is 11.9 Å². The Morgan fingerprint density at radius 1 is 1.36 bits per heavy atom. The Morgan fingerprint density at radius 3 is 2.89 bits per heavy atom. The second-order valence-electron chi connectivity index (χ2n) is 7.35. The molecule has 3 aromatic rings. The SMILES string of the molecule is Cc1ccc(NC(=O)c2sc3ncn(C[C@H]4CCCO4)c(=O)c3c2C)c(C)c1. The molecule has 1 aromatic carbocycles. The van der Waals surface area contributed by atoms with Gasteiger partial charge in [0.25, 0.3) is 11.5 Å². The van der Waals surface area contributed by atoms with Crippen molar-refractivity contribution in [2.24, 2.45) is 0 Å². The number of carbonyl (C=O) groups excluding carboxylic acids is 1. The summed E-state index contributed by atoms with van der Waals surface area (Å²) in [6.45, 7) is 7.04. The number of nitrogens with one attached hydrogen (secondary N) is 1. The van der Waals surface area contributed by atoms with Gasteiger partial charge >= 0.3 is 0 Å². The van der Waals surface area contributed by atoms with E-state index >= 15 is 0 Å². The van der Waals surface area contributed by atoms with Gasteiger partial charge in [0.2, 0.25) is 0 Å². The zero-order valence-electron chi connectivity index (χ0n) is 16.2. The summed E-state index contributed by atoms with van der Waals surface area (Å²) in [6, 6.07) is 5.89. The number of nitrogens with zero attached hydrogens (tertiary/aromatic N) is 2. The van der Waals surface area contributed by atoms with Crippen LogP contribution in [0.25, 0.3) is 10.2 Å². The number of aromatic nitrogens is 2. The van der Waals surface area contributed by atoms with E-state index in [0.29, 0.717) is 27.2 Å². The summed E-state index contributed by atoms with van der Waals surface area (Å²) in [7, 11) is 0. The summed E-state index contributed by atoms with van der Waals surface area (Å²) in [5, 5.41) is 3.49. The second-order valence-corrected chi connectivity index (χ2v) is 8.35. The first-order chi connectivity index (χ1) is 13.4. The average molecular weight is 398 g/mol. The standard InChI is InChI=1S/C21H23N3O3S/c1-12-6-7-16(13(2)9-12)23-19(25)18-14(3)17-20(28-18)22-11-24(21(17)26)10-15-5-4-8-27-15/h6-7,9,11,15H,4-5,8,10H2,1-3H3,(H,23,25)/t15-/m1/s1. The molecule has 1 N–H and O–H groups in total. The van der Waals surface area contributed by atoms with E-state index in [4.69, 9.17) is 4.74 Å². The third-order valence-electron chi connectivity index (χ3n) is 5.18. The monoisotopic (exact) mass is 397 g/mol. The smallest absolute Gasteiger partial charge is 0.266 e. The number of fused-ring (bicyclic) bond motifs is 1. The molecule has 1 fully saturated rings. The van der Waals surface area contributed by atoms with Crippen molar-refractivity contribution in [3.05, 3.63) is 56.4 Å². The fourth-order valence-corrected chi connectivity index (χ4v) is 4.68. The van der Waals surface area contributed by atoms with E-state index in [0.717, 1.165) is 36.3 Å². The maximum atomic E-state index is 13.0. The zero-order valence-corrected chi connectivity index (χ0v) is 17.1. The lowest BCUT2D eigenvalue weighted by Gasteiger charge is -2.11. The minimum absolute atomic E-state index is 0.0585.